The number of hydrogen-bond donors (Lipinski definition) is 1. The van der Waals surface area contributed by atoms with Crippen LogP contribution >= 0.6 is 0 Å². The van der Waals surface area contributed by atoms with Crippen molar-refractivity contribution in [2.45, 2.75) is 6.92 Å². The second kappa shape index (κ2) is 6.39. The predicted octanol–water partition coefficient (Wildman–Crippen LogP) is 1.77. The molecule has 1 aromatic carbocycles. The SMILES string of the molecule is C#CCNC(=O)/C=C/c1cc(C)ccc1OC. The molecule has 3 nitrogen and oxygen atoms in total. The van der Waals surface area contributed by atoms with Gasteiger partial charge in [-0.1, -0.05) is 17.6 Å². The number of rotatable bonds is 4. The van der Waals surface area contributed by atoms with Crippen molar-refractivity contribution in [3.05, 3.63) is 35.4 Å². The first-order valence-electron chi connectivity index (χ1n) is 5.21. The first kappa shape index (κ1) is 12.9. The number of methoxy groups -OCH3 is 1. The van der Waals surface area contributed by atoms with Crippen LogP contribution in [0.5, 0.6) is 5.75 Å². The van der Waals surface area contributed by atoms with Crippen LogP contribution in [0.4, 0.5) is 0 Å². The summed E-state index contributed by atoms with van der Waals surface area (Å²) in [6.45, 7) is 2.21. The summed E-state index contributed by atoms with van der Waals surface area (Å²) in [5.74, 6) is 2.85. The van der Waals surface area contributed by atoms with Gasteiger partial charge in [-0.15, -0.1) is 6.42 Å². The highest BCUT2D eigenvalue weighted by Gasteiger charge is 2.00. The topological polar surface area (TPSA) is 38.3 Å². The Bertz CT molecular complexity index is 470. The molecule has 0 aliphatic heterocycles. The fourth-order valence-corrected chi connectivity index (χ4v) is 1.35. The lowest BCUT2D eigenvalue weighted by atomic mass is 10.1. The van der Waals surface area contributed by atoms with Gasteiger partial charge in [-0.25, -0.2) is 0 Å². The Morgan fingerprint density at radius 2 is 2.35 bits per heavy atom. The van der Waals surface area contributed by atoms with E-state index in [0.29, 0.717) is 0 Å². The molecule has 0 heterocycles. The van der Waals surface area contributed by atoms with Gasteiger partial charge in [0.15, 0.2) is 0 Å². The van der Waals surface area contributed by atoms with E-state index in [1.165, 1.54) is 6.08 Å². The number of amides is 1. The summed E-state index contributed by atoms with van der Waals surface area (Å²) in [5.41, 5.74) is 1.97. The van der Waals surface area contributed by atoms with Gasteiger partial charge in [0.05, 0.1) is 13.7 Å². The van der Waals surface area contributed by atoms with Crippen molar-refractivity contribution >= 4 is 12.0 Å². The van der Waals surface area contributed by atoms with E-state index in [2.05, 4.69) is 11.2 Å². The van der Waals surface area contributed by atoms with Crippen LogP contribution < -0.4 is 10.1 Å². The van der Waals surface area contributed by atoms with Gasteiger partial charge >= 0.3 is 0 Å². The first-order chi connectivity index (χ1) is 8.17. The molecule has 88 valence electrons. The number of carbonyl (C=O) groups is 1. The smallest absolute Gasteiger partial charge is 0.244 e. The fraction of sp³-hybridized carbons (Fsp3) is 0.214. The van der Waals surface area contributed by atoms with Crippen LogP contribution in [0.2, 0.25) is 0 Å². The largest absolute Gasteiger partial charge is 0.496 e. The van der Waals surface area contributed by atoms with Gasteiger partial charge in [0.25, 0.3) is 0 Å². The molecule has 1 rings (SSSR count). The summed E-state index contributed by atoms with van der Waals surface area (Å²) < 4.78 is 5.20. The van der Waals surface area contributed by atoms with Crippen LogP contribution in [0.25, 0.3) is 6.08 Å². The first-order valence-corrected chi connectivity index (χ1v) is 5.21. The molecule has 0 aliphatic carbocycles. The molecule has 0 unspecified atom stereocenters. The molecular weight excluding hydrogens is 214 g/mol. The maximum Gasteiger partial charge on any atom is 0.244 e. The van der Waals surface area contributed by atoms with Crippen LogP contribution in [-0.2, 0) is 4.79 Å². The van der Waals surface area contributed by atoms with Crippen molar-refractivity contribution in [2.24, 2.45) is 0 Å². The van der Waals surface area contributed by atoms with Crippen molar-refractivity contribution < 1.29 is 9.53 Å². The molecule has 1 aromatic rings. The standard InChI is InChI=1S/C14H15NO2/c1-4-9-15-14(16)8-6-12-10-11(2)5-7-13(12)17-3/h1,5-8,10H,9H2,2-3H3,(H,15,16)/b8-6+. The molecule has 17 heavy (non-hydrogen) atoms. The minimum absolute atomic E-state index is 0.216. The number of carbonyl (C=O) groups excluding carboxylic acids is 1. The van der Waals surface area contributed by atoms with Crippen LogP contribution in [0, 0.1) is 19.3 Å². The Morgan fingerprint density at radius 1 is 1.59 bits per heavy atom. The van der Waals surface area contributed by atoms with E-state index in [-0.39, 0.29) is 12.5 Å². The summed E-state index contributed by atoms with van der Waals surface area (Å²) in [7, 11) is 1.60. The maximum atomic E-state index is 11.3. The maximum absolute atomic E-state index is 11.3. The van der Waals surface area contributed by atoms with E-state index in [9.17, 15) is 4.79 Å². The van der Waals surface area contributed by atoms with E-state index in [1.54, 1.807) is 13.2 Å². The summed E-state index contributed by atoms with van der Waals surface area (Å²) in [5, 5.41) is 2.55. The lowest BCUT2D eigenvalue weighted by Crippen LogP contribution is -2.20. The number of ether oxygens (including phenoxy) is 1. The molecule has 0 atom stereocenters. The molecular formula is C14H15NO2. The lowest BCUT2D eigenvalue weighted by Gasteiger charge is -2.05. The van der Waals surface area contributed by atoms with Crippen molar-refractivity contribution in [1.29, 1.82) is 0 Å². The molecule has 0 radical (unpaired) electrons. The number of aryl methyl sites for hydroxylation is 1. The van der Waals surface area contributed by atoms with Gasteiger partial charge in [0.2, 0.25) is 5.91 Å². The minimum Gasteiger partial charge on any atom is -0.496 e. The van der Waals surface area contributed by atoms with Gasteiger partial charge in [-0.3, -0.25) is 4.79 Å². The van der Waals surface area contributed by atoms with Gasteiger partial charge in [-0.05, 0) is 25.1 Å². The Balaban J connectivity index is 2.80. The van der Waals surface area contributed by atoms with E-state index in [4.69, 9.17) is 11.2 Å². The minimum atomic E-state index is -0.216. The molecule has 0 bridgehead atoms. The van der Waals surface area contributed by atoms with Crippen LogP contribution in [0.15, 0.2) is 24.3 Å². The van der Waals surface area contributed by atoms with E-state index in [1.807, 2.05) is 25.1 Å². The molecule has 1 N–H and O–H groups in total. The summed E-state index contributed by atoms with van der Waals surface area (Å²) in [6.07, 6.45) is 8.19. The van der Waals surface area contributed by atoms with Crippen molar-refractivity contribution in [3.63, 3.8) is 0 Å². The third kappa shape index (κ3) is 4.04. The van der Waals surface area contributed by atoms with Gasteiger partial charge in [0.1, 0.15) is 5.75 Å². The highest BCUT2D eigenvalue weighted by Crippen LogP contribution is 2.20. The molecule has 0 saturated carbocycles. The summed E-state index contributed by atoms with van der Waals surface area (Å²) in [4.78, 5) is 11.3. The highest BCUT2D eigenvalue weighted by atomic mass is 16.5. The molecule has 0 aromatic heterocycles. The summed E-state index contributed by atoms with van der Waals surface area (Å²) >= 11 is 0. The lowest BCUT2D eigenvalue weighted by molar-refractivity contribution is -0.116. The number of terminal acetylenes is 1. The van der Waals surface area contributed by atoms with Gasteiger partial charge in [-0.2, -0.15) is 0 Å². The predicted molar refractivity (Wildman–Crippen MR) is 68.6 cm³/mol. The third-order valence-corrected chi connectivity index (χ3v) is 2.16. The Labute approximate surface area is 101 Å². The number of nitrogens with one attached hydrogen (secondary N) is 1. The second-order valence-electron chi connectivity index (χ2n) is 3.50. The fourth-order valence-electron chi connectivity index (χ4n) is 1.35. The van der Waals surface area contributed by atoms with Crippen molar-refractivity contribution in [3.8, 4) is 18.1 Å². The molecule has 3 heteroatoms. The van der Waals surface area contributed by atoms with Gasteiger partial charge < -0.3 is 10.1 Å². The molecule has 0 spiro atoms. The quantitative estimate of drug-likeness (QED) is 0.631. The molecule has 1 amide bonds. The normalized spacial score (nSPS) is 9.94. The van der Waals surface area contributed by atoms with Crippen LogP contribution in [0.3, 0.4) is 0 Å². The van der Waals surface area contributed by atoms with Crippen molar-refractivity contribution in [1.82, 2.24) is 5.32 Å². The summed E-state index contributed by atoms with van der Waals surface area (Å²) in [6, 6.07) is 5.77. The zero-order valence-corrected chi connectivity index (χ0v) is 9.99. The average Bonchev–Trinajstić information content (AvgIpc) is 2.34. The van der Waals surface area contributed by atoms with E-state index in [0.717, 1.165) is 16.9 Å². The van der Waals surface area contributed by atoms with Crippen LogP contribution in [-0.4, -0.2) is 19.6 Å². The van der Waals surface area contributed by atoms with Crippen molar-refractivity contribution in [2.75, 3.05) is 13.7 Å². The van der Waals surface area contributed by atoms with E-state index >= 15 is 0 Å². The molecule has 0 aliphatic rings. The third-order valence-electron chi connectivity index (χ3n) is 2.16. The molecule has 0 fully saturated rings. The zero-order chi connectivity index (χ0) is 12.7. The highest BCUT2D eigenvalue weighted by molar-refractivity contribution is 5.92. The Morgan fingerprint density at radius 3 is 3.00 bits per heavy atom. The van der Waals surface area contributed by atoms with Crippen LogP contribution in [0.1, 0.15) is 11.1 Å². The van der Waals surface area contributed by atoms with Gasteiger partial charge in [0, 0.05) is 11.6 Å². The molecule has 0 saturated heterocycles. The Kier molecular flexibility index (Phi) is 4.83. The Hall–Kier alpha value is -2.21. The monoisotopic (exact) mass is 229 g/mol. The number of hydrogen-bond acceptors (Lipinski definition) is 2. The van der Waals surface area contributed by atoms with E-state index < -0.39 is 0 Å². The average molecular weight is 229 g/mol. The second-order valence-corrected chi connectivity index (χ2v) is 3.50. The number of benzene rings is 1. The zero-order valence-electron chi connectivity index (χ0n) is 9.99.